The average molecular weight is 432 g/mol. The van der Waals surface area contributed by atoms with Crippen LogP contribution in [0.25, 0.3) is 11.4 Å². The lowest BCUT2D eigenvalue weighted by molar-refractivity contribution is -0.113. The van der Waals surface area contributed by atoms with Crippen LogP contribution in [-0.4, -0.2) is 25.7 Å². The third-order valence-electron chi connectivity index (χ3n) is 4.93. The van der Waals surface area contributed by atoms with Gasteiger partial charge in [-0.1, -0.05) is 6.07 Å². The van der Waals surface area contributed by atoms with Crippen LogP contribution >= 0.6 is 11.3 Å². The van der Waals surface area contributed by atoms with Gasteiger partial charge in [0, 0.05) is 22.3 Å². The maximum absolute atomic E-state index is 13.3. The van der Waals surface area contributed by atoms with Crippen molar-refractivity contribution in [1.29, 1.82) is 0 Å². The third-order valence-corrected chi connectivity index (χ3v) is 5.86. The first-order chi connectivity index (χ1) is 15.1. The molecular weight excluding hydrogens is 415 g/mol. The van der Waals surface area contributed by atoms with E-state index in [1.807, 2.05) is 24.4 Å². The topological polar surface area (TPSA) is 84.7 Å². The van der Waals surface area contributed by atoms with Crippen molar-refractivity contribution in [2.45, 2.75) is 13.0 Å². The Hall–Kier alpha value is -3.85. The van der Waals surface area contributed by atoms with Gasteiger partial charge in [-0.05, 0) is 54.8 Å². The van der Waals surface area contributed by atoms with Gasteiger partial charge in [-0.15, -0.1) is 16.4 Å². The number of benzene rings is 1. The molecule has 9 heteroatoms. The van der Waals surface area contributed by atoms with Gasteiger partial charge in [0.05, 0.1) is 17.5 Å². The molecule has 1 atom stereocenters. The van der Waals surface area contributed by atoms with E-state index in [2.05, 4.69) is 25.7 Å². The second-order valence-electron chi connectivity index (χ2n) is 6.99. The number of anilines is 2. The number of thiophene rings is 1. The van der Waals surface area contributed by atoms with Gasteiger partial charge in [-0.3, -0.25) is 9.78 Å². The molecule has 154 valence electrons. The molecule has 1 unspecified atom stereocenters. The van der Waals surface area contributed by atoms with Crippen molar-refractivity contribution in [1.82, 2.24) is 19.7 Å². The minimum atomic E-state index is -0.449. The highest BCUT2D eigenvalue weighted by Gasteiger charge is 2.35. The van der Waals surface area contributed by atoms with E-state index < -0.39 is 6.04 Å². The van der Waals surface area contributed by atoms with Gasteiger partial charge in [0.2, 0.25) is 5.95 Å². The van der Waals surface area contributed by atoms with Crippen molar-refractivity contribution in [3.63, 3.8) is 0 Å². The predicted molar refractivity (Wildman–Crippen MR) is 117 cm³/mol. The maximum atomic E-state index is 13.3. The molecule has 7 nitrogen and oxygen atoms in total. The Morgan fingerprint density at radius 1 is 1.19 bits per heavy atom. The number of carbonyl (C=O) groups is 1. The summed E-state index contributed by atoms with van der Waals surface area (Å²) in [7, 11) is 0. The first-order valence-corrected chi connectivity index (χ1v) is 10.4. The van der Waals surface area contributed by atoms with E-state index in [0.717, 1.165) is 4.88 Å². The van der Waals surface area contributed by atoms with Gasteiger partial charge in [0.25, 0.3) is 5.91 Å². The zero-order chi connectivity index (χ0) is 21.4. The fraction of sp³-hybridized carbons (Fsp3) is 0.0909. The smallest absolute Gasteiger partial charge is 0.255 e. The van der Waals surface area contributed by atoms with Gasteiger partial charge in [-0.25, -0.2) is 9.07 Å². The molecule has 0 fully saturated rings. The van der Waals surface area contributed by atoms with Crippen LogP contribution in [0, 0.1) is 5.82 Å². The molecule has 5 rings (SSSR count). The number of allylic oxidation sites excluding steroid dienone is 1. The molecule has 0 bridgehead atoms. The second-order valence-corrected chi connectivity index (χ2v) is 7.97. The molecule has 0 spiro atoms. The molecule has 1 aromatic carbocycles. The molecule has 0 aliphatic carbocycles. The Bertz CT molecular complexity index is 1270. The van der Waals surface area contributed by atoms with E-state index in [9.17, 15) is 9.18 Å². The fourth-order valence-corrected chi connectivity index (χ4v) is 4.33. The molecule has 1 amide bonds. The Morgan fingerprint density at radius 2 is 2.03 bits per heavy atom. The number of nitrogens with zero attached hydrogens (tertiary/aromatic N) is 4. The molecular formula is C22H17FN6OS. The number of amides is 1. The van der Waals surface area contributed by atoms with Crippen LogP contribution in [-0.2, 0) is 4.79 Å². The largest absolute Gasteiger partial charge is 0.328 e. The van der Waals surface area contributed by atoms with Gasteiger partial charge in [0.1, 0.15) is 11.9 Å². The zero-order valence-electron chi connectivity index (χ0n) is 16.4. The highest BCUT2D eigenvalue weighted by molar-refractivity contribution is 7.10. The number of hydrogen-bond acceptors (Lipinski definition) is 6. The normalized spacial score (nSPS) is 15.4. The lowest BCUT2D eigenvalue weighted by Gasteiger charge is -2.27. The number of rotatable bonds is 4. The molecule has 4 aromatic rings. The van der Waals surface area contributed by atoms with Crippen molar-refractivity contribution < 1.29 is 9.18 Å². The van der Waals surface area contributed by atoms with Gasteiger partial charge in [0.15, 0.2) is 5.82 Å². The van der Waals surface area contributed by atoms with Crippen LogP contribution in [0.5, 0.6) is 0 Å². The number of halogens is 1. The van der Waals surface area contributed by atoms with Crippen LogP contribution in [0.3, 0.4) is 0 Å². The molecule has 3 aromatic heterocycles. The Labute approximate surface area is 181 Å². The highest BCUT2D eigenvalue weighted by atomic mass is 32.1. The predicted octanol–water partition coefficient (Wildman–Crippen LogP) is 4.47. The summed E-state index contributed by atoms with van der Waals surface area (Å²) in [5.41, 5.74) is 2.52. The molecule has 0 saturated carbocycles. The SMILES string of the molecule is CC1=C(C(=O)Nc2cccnc2)C(c2cccs2)n2nc(-c3ccc(F)cc3)nc2N1. The molecule has 1 aliphatic rings. The Morgan fingerprint density at radius 3 is 2.74 bits per heavy atom. The van der Waals surface area contributed by atoms with Crippen LogP contribution in [0.15, 0.2) is 77.6 Å². The zero-order valence-corrected chi connectivity index (χ0v) is 17.2. The summed E-state index contributed by atoms with van der Waals surface area (Å²) >= 11 is 1.54. The summed E-state index contributed by atoms with van der Waals surface area (Å²) in [6.07, 6.45) is 3.24. The summed E-state index contributed by atoms with van der Waals surface area (Å²) in [4.78, 5) is 22.9. The lowest BCUT2D eigenvalue weighted by atomic mass is 10.0. The van der Waals surface area contributed by atoms with Crippen molar-refractivity contribution in [3.8, 4) is 11.4 Å². The number of aromatic nitrogens is 4. The number of pyridine rings is 1. The quantitative estimate of drug-likeness (QED) is 0.497. The molecule has 1 aliphatic heterocycles. The summed E-state index contributed by atoms with van der Waals surface area (Å²) in [5, 5.41) is 12.7. The van der Waals surface area contributed by atoms with E-state index in [1.54, 1.807) is 41.3 Å². The molecule has 4 heterocycles. The van der Waals surface area contributed by atoms with E-state index >= 15 is 0 Å². The number of nitrogens with one attached hydrogen (secondary N) is 2. The number of carbonyl (C=O) groups excluding carboxylic acids is 1. The highest BCUT2D eigenvalue weighted by Crippen LogP contribution is 2.38. The monoisotopic (exact) mass is 432 g/mol. The van der Waals surface area contributed by atoms with E-state index in [0.29, 0.717) is 34.3 Å². The molecule has 0 saturated heterocycles. The molecule has 2 N–H and O–H groups in total. The second kappa shape index (κ2) is 7.77. The minimum Gasteiger partial charge on any atom is -0.328 e. The summed E-state index contributed by atoms with van der Waals surface area (Å²) in [5.74, 6) is 0.397. The first-order valence-electron chi connectivity index (χ1n) is 9.55. The Kier molecular flexibility index (Phi) is 4.79. The van der Waals surface area contributed by atoms with E-state index in [4.69, 9.17) is 0 Å². The first kappa shape index (κ1) is 19.1. The van der Waals surface area contributed by atoms with Crippen molar-refractivity contribution in [2.75, 3.05) is 10.6 Å². The molecule has 0 radical (unpaired) electrons. The van der Waals surface area contributed by atoms with Crippen LogP contribution in [0.1, 0.15) is 17.8 Å². The van der Waals surface area contributed by atoms with Crippen LogP contribution in [0.2, 0.25) is 0 Å². The molecule has 31 heavy (non-hydrogen) atoms. The van der Waals surface area contributed by atoms with Gasteiger partial charge < -0.3 is 10.6 Å². The van der Waals surface area contributed by atoms with E-state index in [-0.39, 0.29) is 11.7 Å². The maximum Gasteiger partial charge on any atom is 0.255 e. The van der Waals surface area contributed by atoms with Crippen LogP contribution in [0.4, 0.5) is 16.0 Å². The lowest BCUT2D eigenvalue weighted by Crippen LogP contribution is -2.31. The summed E-state index contributed by atoms with van der Waals surface area (Å²) in [6.45, 7) is 1.84. The standard InChI is InChI=1S/C22H17FN6OS/c1-13-18(21(30)26-16-4-2-10-24-12-16)19(17-5-3-11-31-17)29-22(25-13)27-20(28-29)14-6-8-15(23)9-7-14/h2-12,19H,1H3,(H,26,30)(H,25,27,28). The van der Waals surface area contributed by atoms with Gasteiger partial charge >= 0.3 is 0 Å². The van der Waals surface area contributed by atoms with E-state index in [1.165, 1.54) is 23.5 Å². The average Bonchev–Trinajstić information content (AvgIpc) is 3.44. The van der Waals surface area contributed by atoms with Gasteiger partial charge in [-0.2, -0.15) is 4.98 Å². The summed E-state index contributed by atoms with van der Waals surface area (Å²) in [6, 6.07) is 13.0. The van der Waals surface area contributed by atoms with Crippen molar-refractivity contribution in [2.24, 2.45) is 0 Å². The summed E-state index contributed by atoms with van der Waals surface area (Å²) < 4.78 is 15.0. The fourth-order valence-electron chi connectivity index (χ4n) is 3.51. The van der Waals surface area contributed by atoms with Crippen molar-refractivity contribution in [3.05, 3.63) is 88.3 Å². The van der Waals surface area contributed by atoms with Crippen LogP contribution < -0.4 is 10.6 Å². The Balaban J connectivity index is 1.57. The number of fused-ring (bicyclic) bond motifs is 1. The minimum absolute atomic E-state index is 0.249. The number of hydrogen-bond donors (Lipinski definition) is 2. The van der Waals surface area contributed by atoms with Crippen molar-refractivity contribution >= 4 is 28.9 Å². The third kappa shape index (κ3) is 3.59.